The van der Waals surface area contributed by atoms with Crippen molar-refractivity contribution in [3.05, 3.63) is 46.0 Å². The van der Waals surface area contributed by atoms with Crippen molar-refractivity contribution in [1.29, 1.82) is 0 Å². The van der Waals surface area contributed by atoms with Crippen molar-refractivity contribution in [2.75, 3.05) is 32.7 Å². The summed E-state index contributed by atoms with van der Waals surface area (Å²) in [6.45, 7) is 10.3. The van der Waals surface area contributed by atoms with E-state index in [9.17, 15) is 0 Å². The molecule has 0 aromatic heterocycles. The van der Waals surface area contributed by atoms with Crippen molar-refractivity contribution < 1.29 is 0 Å². The smallest absolute Gasteiger partial charge is 0.194 e. The fourth-order valence-corrected chi connectivity index (χ4v) is 3.92. The molecule has 1 unspecified atom stereocenters. The minimum atomic E-state index is 0.651. The Morgan fingerprint density at radius 1 is 1.33 bits per heavy atom. The van der Waals surface area contributed by atoms with Gasteiger partial charge in [-0.05, 0) is 43.5 Å². The Bertz CT molecular complexity index is 618. The first kappa shape index (κ1) is 17.5. The lowest BCUT2D eigenvalue weighted by Gasteiger charge is -2.25. The van der Waals surface area contributed by atoms with Gasteiger partial charge in [0.15, 0.2) is 5.96 Å². The summed E-state index contributed by atoms with van der Waals surface area (Å²) in [5.74, 6) is 1.05. The monoisotopic (exact) mass is 390 g/mol. The average Bonchev–Trinajstić information content (AvgIpc) is 3.24. The summed E-state index contributed by atoms with van der Waals surface area (Å²) in [5, 5.41) is 3.47. The lowest BCUT2D eigenvalue weighted by molar-refractivity contribution is 0.259. The third-order valence-electron chi connectivity index (χ3n) is 4.86. The van der Waals surface area contributed by atoms with E-state index in [1.165, 1.54) is 17.5 Å². The highest BCUT2D eigenvalue weighted by molar-refractivity contribution is 9.10. The molecule has 1 N–H and O–H groups in total. The van der Waals surface area contributed by atoms with Gasteiger partial charge in [-0.15, -0.1) is 0 Å². The number of guanidine groups is 1. The van der Waals surface area contributed by atoms with E-state index < -0.39 is 0 Å². The maximum absolute atomic E-state index is 4.90. The molecule has 1 fully saturated rings. The van der Waals surface area contributed by atoms with E-state index in [1.54, 1.807) is 0 Å². The van der Waals surface area contributed by atoms with Crippen LogP contribution < -0.4 is 5.32 Å². The number of rotatable bonds is 4. The van der Waals surface area contributed by atoms with Gasteiger partial charge in [-0.25, -0.2) is 4.99 Å². The Kier molecular flexibility index (Phi) is 5.95. The predicted octanol–water partition coefficient (Wildman–Crippen LogP) is 3.17. The van der Waals surface area contributed by atoms with Gasteiger partial charge in [0, 0.05) is 43.2 Å². The molecule has 130 valence electrons. The van der Waals surface area contributed by atoms with Crippen LogP contribution in [-0.2, 0) is 6.54 Å². The van der Waals surface area contributed by atoms with E-state index in [-0.39, 0.29) is 0 Å². The van der Waals surface area contributed by atoms with E-state index in [0.717, 1.165) is 49.7 Å². The first-order valence-electron chi connectivity index (χ1n) is 8.84. The molecular formula is C19H27BrN4. The number of hydrogen-bond acceptors (Lipinski definition) is 2. The maximum Gasteiger partial charge on any atom is 0.194 e. The van der Waals surface area contributed by atoms with E-state index in [2.05, 4.69) is 75.2 Å². The second-order valence-electron chi connectivity index (χ2n) is 6.55. The van der Waals surface area contributed by atoms with Crippen LogP contribution in [0.1, 0.15) is 24.5 Å². The fourth-order valence-electron chi connectivity index (χ4n) is 3.45. The molecule has 0 saturated carbocycles. The zero-order valence-electron chi connectivity index (χ0n) is 14.6. The summed E-state index contributed by atoms with van der Waals surface area (Å²) < 4.78 is 1.13. The van der Waals surface area contributed by atoms with Crippen LogP contribution in [0.5, 0.6) is 0 Å². The van der Waals surface area contributed by atoms with Crippen LogP contribution in [0, 0.1) is 6.92 Å². The Morgan fingerprint density at radius 2 is 2.12 bits per heavy atom. The highest BCUT2D eigenvalue weighted by atomic mass is 79.9. The Hall–Kier alpha value is -1.33. The standard InChI is InChI=1S/C19H27BrN4/c1-3-21-19(22-13-16-6-7-17(20)12-15(16)2)24-11-8-18(14-24)23-9-4-5-10-23/h4-7,12,18H,3,8-11,13-14H2,1-2H3,(H,21,22). The van der Waals surface area contributed by atoms with Crippen molar-refractivity contribution in [3.8, 4) is 0 Å². The van der Waals surface area contributed by atoms with Crippen LogP contribution in [0.2, 0.25) is 0 Å². The molecule has 1 aromatic rings. The molecule has 2 aliphatic rings. The van der Waals surface area contributed by atoms with Crippen LogP contribution in [0.3, 0.4) is 0 Å². The molecule has 1 aromatic carbocycles. The molecule has 2 aliphatic heterocycles. The number of halogens is 1. The van der Waals surface area contributed by atoms with Gasteiger partial charge >= 0.3 is 0 Å². The highest BCUT2D eigenvalue weighted by Crippen LogP contribution is 2.19. The lowest BCUT2D eigenvalue weighted by atomic mass is 10.1. The van der Waals surface area contributed by atoms with Crippen LogP contribution in [0.4, 0.5) is 0 Å². The van der Waals surface area contributed by atoms with Crippen molar-refractivity contribution in [3.63, 3.8) is 0 Å². The first-order valence-corrected chi connectivity index (χ1v) is 9.64. The van der Waals surface area contributed by atoms with E-state index in [1.807, 2.05) is 0 Å². The molecule has 5 heteroatoms. The summed E-state index contributed by atoms with van der Waals surface area (Å²) in [7, 11) is 0. The van der Waals surface area contributed by atoms with Crippen LogP contribution in [0.15, 0.2) is 39.8 Å². The highest BCUT2D eigenvalue weighted by Gasteiger charge is 2.29. The number of nitrogens with zero attached hydrogens (tertiary/aromatic N) is 3. The third-order valence-corrected chi connectivity index (χ3v) is 5.36. The number of aliphatic imine (C=N–C) groups is 1. The van der Waals surface area contributed by atoms with Crippen LogP contribution in [-0.4, -0.2) is 54.5 Å². The summed E-state index contributed by atoms with van der Waals surface area (Å²) in [6, 6.07) is 7.06. The second kappa shape index (κ2) is 8.17. The van der Waals surface area contributed by atoms with Gasteiger partial charge in [0.2, 0.25) is 0 Å². The summed E-state index contributed by atoms with van der Waals surface area (Å²) in [6.07, 6.45) is 5.78. The topological polar surface area (TPSA) is 30.9 Å². The third kappa shape index (κ3) is 4.19. The lowest BCUT2D eigenvalue weighted by Crippen LogP contribution is -2.42. The summed E-state index contributed by atoms with van der Waals surface area (Å²) >= 11 is 3.53. The predicted molar refractivity (Wildman–Crippen MR) is 104 cm³/mol. The van der Waals surface area contributed by atoms with E-state index in [4.69, 9.17) is 4.99 Å². The minimum absolute atomic E-state index is 0.651. The molecular weight excluding hydrogens is 364 g/mol. The minimum Gasteiger partial charge on any atom is -0.357 e. The van der Waals surface area contributed by atoms with Crippen molar-refractivity contribution in [2.24, 2.45) is 4.99 Å². The van der Waals surface area contributed by atoms with Gasteiger partial charge in [-0.2, -0.15) is 0 Å². The molecule has 0 bridgehead atoms. The van der Waals surface area contributed by atoms with Gasteiger partial charge in [0.1, 0.15) is 0 Å². The number of nitrogens with one attached hydrogen (secondary N) is 1. The Labute approximate surface area is 153 Å². The van der Waals surface area contributed by atoms with E-state index >= 15 is 0 Å². The van der Waals surface area contributed by atoms with Gasteiger partial charge in [0.25, 0.3) is 0 Å². The van der Waals surface area contributed by atoms with Crippen LogP contribution in [0.25, 0.3) is 0 Å². The molecule has 0 amide bonds. The van der Waals surface area contributed by atoms with Crippen LogP contribution >= 0.6 is 15.9 Å². The van der Waals surface area contributed by atoms with Crippen molar-refractivity contribution in [1.82, 2.24) is 15.1 Å². The quantitative estimate of drug-likeness (QED) is 0.486. The molecule has 0 spiro atoms. The average molecular weight is 391 g/mol. The van der Waals surface area contributed by atoms with Gasteiger partial charge in [0.05, 0.1) is 6.54 Å². The molecule has 2 heterocycles. The molecule has 0 radical (unpaired) electrons. The normalized spacial score (nSPS) is 21.7. The largest absolute Gasteiger partial charge is 0.357 e. The summed E-state index contributed by atoms with van der Waals surface area (Å²) in [5.41, 5.74) is 2.57. The maximum atomic E-state index is 4.90. The Balaban J connectivity index is 1.65. The Morgan fingerprint density at radius 3 is 2.83 bits per heavy atom. The van der Waals surface area contributed by atoms with Gasteiger partial charge in [-0.1, -0.05) is 34.1 Å². The number of aryl methyl sites for hydroxylation is 1. The molecule has 4 nitrogen and oxygen atoms in total. The molecule has 3 rings (SSSR count). The summed E-state index contributed by atoms with van der Waals surface area (Å²) in [4.78, 5) is 9.87. The second-order valence-corrected chi connectivity index (χ2v) is 7.47. The fraction of sp³-hybridized carbons (Fsp3) is 0.526. The van der Waals surface area contributed by atoms with Gasteiger partial charge in [-0.3, -0.25) is 4.90 Å². The van der Waals surface area contributed by atoms with Crippen molar-refractivity contribution >= 4 is 21.9 Å². The van der Waals surface area contributed by atoms with Gasteiger partial charge < -0.3 is 10.2 Å². The number of hydrogen-bond donors (Lipinski definition) is 1. The van der Waals surface area contributed by atoms with E-state index in [0.29, 0.717) is 6.04 Å². The molecule has 1 atom stereocenters. The molecule has 0 aliphatic carbocycles. The number of likely N-dealkylation sites (tertiary alicyclic amines) is 1. The zero-order chi connectivity index (χ0) is 16.9. The molecule has 1 saturated heterocycles. The first-order chi connectivity index (χ1) is 11.7. The number of benzene rings is 1. The molecule has 24 heavy (non-hydrogen) atoms. The zero-order valence-corrected chi connectivity index (χ0v) is 16.2. The van der Waals surface area contributed by atoms with Crippen molar-refractivity contribution in [2.45, 2.75) is 32.9 Å². The SMILES string of the molecule is CCNC(=NCc1ccc(Br)cc1C)N1CCC(N2CC=CC2)C1.